The first-order chi connectivity index (χ1) is 12.5. The predicted molar refractivity (Wildman–Crippen MR) is 118 cm³/mol. The Morgan fingerprint density at radius 2 is 1.74 bits per heavy atom. The fraction of sp³-hybridized carbons (Fsp3) is 0.423. The first-order valence-electron chi connectivity index (χ1n) is 9.91. The van der Waals surface area contributed by atoms with Gasteiger partial charge in [-0.2, -0.15) is 0 Å². The van der Waals surface area contributed by atoms with Gasteiger partial charge in [-0.25, -0.2) is 0 Å². The molecular formula is C26H34O. The van der Waals surface area contributed by atoms with Gasteiger partial charge in [0.15, 0.2) is 5.78 Å². The summed E-state index contributed by atoms with van der Waals surface area (Å²) in [6.07, 6.45) is 6.28. The smallest absolute Gasteiger partial charge is 0.190 e. The van der Waals surface area contributed by atoms with Gasteiger partial charge < -0.3 is 0 Å². The SMILES string of the molecule is C=C1C(C)=C(C/C=C(\C)CC(C)(C)/C=C(\C)C(C)C)C(=O)c2ccccc21. The highest BCUT2D eigenvalue weighted by atomic mass is 16.1. The molecule has 0 spiro atoms. The van der Waals surface area contributed by atoms with Gasteiger partial charge in [0.05, 0.1) is 0 Å². The first-order valence-corrected chi connectivity index (χ1v) is 9.91. The molecule has 1 aromatic rings. The second-order valence-corrected chi connectivity index (χ2v) is 8.92. The summed E-state index contributed by atoms with van der Waals surface area (Å²) in [5, 5.41) is 0. The van der Waals surface area contributed by atoms with Crippen LogP contribution in [0, 0.1) is 11.3 Å². The maximum atomic E-state index is 13.0. The summed E-state index contributed by atoms with van der Waals surface area (Å²) in [4.78, 5) is 13.0. The molecule has 1 aromatic carbocycles. The van der Waals surface area contributed by atoms with Gasteiger partial charge in [-0.05, 0) is 61.7 Å². The van der Waals surface area contributed by atoms with Gasteiger partial charge >= 0.3 is 0 Å². The molecule has 0 atom stereocenters. The average molecular weight is 363 g/mol. The molecule has 0 fully saturated rings. The third-order valence-electron chi connectivity index (χ3n) is 5.59. The van der Waals surface area contributed by atoms with Gasteiger partial charge in [-0.15, -0.1) is 0 Å². The van der Waals surface area contributed by atoms with E-state index in [1.165, 1.54) is 11.1 Å². The van der Waals surface area contributed by atoms with E-state index in [0.29, 0.717) is 12.3 Å². The summed E-state index contributed by atoms with van der Waals surface area (Å²) < 4.78 is 0. The van der Waals surface area contributed by atoms with Crippen LogP contribution in [0.3, 0.4) is 0 Å². The Labute approximate surface area is 165 Å². The zero-order chi connectivity index (χ0) is 20.4. The number of ketones is 1. The zero-order valence-corrected chi connectivity index (χ0v) is 18.1. The number of benzene rings is 1. The molecule has 1 nitrogen and oxygen atoms in total. The molecule has 0 bridgehead atoms. The van der Waals surface area contributed by atoms with Crippen molar-refractivity contribution in [2.45, 2.75) is 61.3 Å². The number of rotatable bonds is 6. The van der Waals surface area contributed by atoms with Crippen LogP contribution in [0.4, 0.5) is 0 Å². The number of allylic oxidation sites excluding steroid dienone is 7. The van der Waals surface area contributed by atoms with Crippen LogP contribution in [0.2, 0.25) is 0 Å². The topological polar surface area (TPSA) is 17.1 Å². The van der Waals surface area contributed by atoms with Gasteiger partial charge in [0.25, 0.3) is 0 Å². The molecule has 0 N–H and O–H groups in total. The van der Waals surface area contributed by atoms with E-state index in [4.69, 9.17) is 0 Å². The lowest BCUT2D eigenvalue weighted by Crippen LogP contribution is -2.14. The molecule has 0 amide bonds. The number of hydrogen-bond acceptors (Lipinski definition) is 1. The van der Waals surface area contributed by atoms with Crippen molar-refractivity contribution >= 4 is 11.4 Å². The maximum Gasteiger partial charge on any atom is 0.190 e. The second-order valence-electron chi connectivity index (χ2n) is 8.92. The normalized spacial score (nSPS) is 16.3. The minimum Gasteiger partial charge on any atom is -0.289 e. The third-order valence-corrected chi connectivity index (χ3v) is 5.59. The van der Waals surface area contributed by atoms with Crippen molar-refractivity contribution in [2.75, 3.05) is 0 Å². The Morgan fingerprint density at radius 3 is 2.33 bits per heavy atom. The second kappa shape index (κ2) is 8.25. The fourth-order valence-corrected chi connectivity index (χ4v) is 3.81. The van der Waals surface area contributed by atoms with Crippen LogP contribution in [0.5, 0.6) is 0 Å². The van der Waals surface area contributed by atoms with E-state index in [0.717, 1.165) is 34.3 Å². The standard InChI is InChI=1S/C26H34O/c1-17(2)19(4)16-26(7,8)15-18(3)13-14-23-21(6)20(5)22-11-9-10-12-24(22)25(23)27/h9-13,16-17H,5,14-15H2,1-4,6-8H3/b18-13+,19-16+. The van der Waals surface area contributed by atoms with Crippen molar-refractivity contribution in [1.29, 1.82) is 0 Å². The van der Waals surface area contributed by atoms with Gasteiger partial charge in [0.2, 0.25) is 0 Å². The summed E-state index contributed by atoms with van der Waals surface area (Å²) in [6, 6.07) is 7.79. The lowest BCUT2D eigenvalue weighted by molar-refractivity contribution is 0.103. The monoisotopic (exact) mass is 362 g/mol. The molecule has 144 valence electrons. The molecular weight excluding hydrogens is 328 g/mol. The molecule has 1 heteroatoms. The summed E-state index contributed by atoms with van der Waals surface area (Å²) in [5.41, 5.74) is 7.51. The van der Waals surface area contributed by atoms with E-state index in [1.807, 2.05) is 31.2 Å². The Bertz CT molecular complexity index is 841. The van der Waals surface area contributed by atoms with E-state index < -0.39 is 0 Å². The van der Waals surface area contributed by atoms with E-state index in [-0.39, 0.29) is 11.2 Å². The van der Waals surface area contributed by atoms with Crippen molar-refractivity contribution in [3.63, 3.8) is 0 Å². The molecule has 0 aromatic heterocycles. The van der Waals surface area contributed by atoms with Crippen molar-refractivity contribution in [3.05, 3.63) is 76.4 Å². The minimum atomic E-state index is 0.116. The summed E-state index contributed by atoms with van der Waals surface area (Å²) >= 11 is 0. The van der Waals surface area contributed by atoms with Gasteiger partial charge in [-0.1, -0.05) is 81.8 Å². The number of carbonyl (C=O) groups is 1. The van der Waals surface area contributed by atoms with E-state index >= 15 is 0 Å². The highest BCUT2D eigenvalue weighted by Gasteiger charge is 2.25. The molecule has 27 heavy (non-hydrogen) atoms. The Balaban J connectivity index is 2.20. The molecule has 0 saturated carbocycles. The number of fused-ring (bicyclic) bond motifs is 1. The lowest BCUT2D eigenvalue weighted by atomic mass is 9.80. The summed E-state index contributed by atoms with van der Waals surface area (Å²) in [6.45, 7) is 19.7. The zero-order valence-electron chi connectivity index (χ0n) is 18.1. The molecule has 0 unspecified atom stereocenters. The molecule has 0 radical (unpaired) electrons. The van der Waals surface area contributed by atoms with E-state index in [1.54, 1.807) is 0 Å². The number of Topliss-reactive ketones (excluding diaryl/α,β-unsaturated/α-hetero) is 1. The van der Waals surface area contributed by atoms with Crippen LogP contribution in [0.25, 0.3) is 5.57 Å². The molecule has 0 aliphatic heterocycles. The highest BCUT2D eigenvalue weighted by Crippen LogP contribution is 2.36. The quantitative estimate of drug-likeness (QED) is 0.477. The van der Waals surface area contributed by atoms with Crippen LogP contribution >= 0.6 is 0 Å². The van der Waals surface area contributed by atoms with Gasteiger partial charge in [-0.3, -0.25) is 4.79 Å². The van der Waals surface area contributed by atoms with Crippen molar-refractivity contribution in [3.8, 4) is 0 Å². The largest absolute Gasteiger partial charge is 0.289 e. The van der Waals surface area contributed by atoms with Crippen LogP contribution < -0.4 is 0 Å². The molecule has 1 aliphatic carbocycles. The van der Waals surface area contributed by atoms with E-state index in [2.05, 4.69) is 60.3 Å². The summed E-state index contributed by atoms with van der Waals surface area (Å²) in [5.74, 6) is 0.724. The third kappa shape index (κ3) is 4.97. The van der Waals surface area contributed by atoms with Crippen LogP contribution in [0.15, 0.2) is 65.3 Å². The Morgan fingerprint density at radius 1 is 1.15 bits per heavy atom. The predicted octanol–water partition coefficient (Wildman–Crippen LogP) is 7.57. The molecule has 2 rings (SSSR count). The highest BCUT2D eigenvalue weighted by molar-refractivity contribution is 6.17. The van der Waals surface area contributed by atoms with Crippen LogP contribution in [-0.2, 0) is 0 Å². The first kappa shape index (κ1) is 21.2. The maximum absolute atomic E-state index is 13.0. The van der Waals surface area contributed by atoms with Crippen LogP contribution in [-0.4, -0.2) is 5.78 Å². The minimum absolute atomic E-state index is 0.116. The Kier molecular flexibility index (Phi) is 6.46. The average Bonchev–Trinajstić information content (AvgIpc) is 2.58. The molecule has 0 saturated heterocycles. The Hall–Kier alpha value is -2.15. The van der Waals surface area contributed by atoms with Gasteiger partial charge in [0, 0.05) is 11.1 Å². The summed E-state index contributed by atoms with van der Waals surface area (Å²) in [7, 11) is 0. The fourth-order valence-electron chi connectivity index (χ4n) is 3.81. The molecule has 0 heterocycles. The number of hydrogen-bond donors (Lipinski definition) is 0. The van der Waals surface area contributed by atoms with Crippen molar-refractivity contribution < 1.29 is 4.79 Å². The number of carbonyl (C=O) groups excluding carboxylic acids is 1. The van der Waals surface area contributed by atoms with Crippen molar-refractivity contribution in [1.82, 2.24) is 0 Å². The van der Waals surface area contributed by atoms with Crippen molar-refractivity contribution in [2.24, 2.45) is 11.3 Å². The van der Waals surface area contributed by atoms with E-state index in [9.17, 15) is 4.79 Å². The van der Waals surface area contributed by atoms with Gasteiger partial charge in [0.1, 0.15) is 0 Å². The molecule has 1 aliphatic rings. The lowest BCUT2D eigenvalue weighted by Gasteiger charge is -2.24. The van der Waals surface area contributed by atoms with Crippen LogP contribution in [0.1, 0.15) is 77.2 Å².